The molecule has 0 spiro atoms. The zero-order chi connectivity index (χ0) is 13.2. The van der Waals surface area contributed by atoms with Gasteiger partial charge in [0.15, 0.2) is 17.2 Å². The molecule has 0 aliphatic rings. The molecule has 1 aromatic carbocycles. The van der Waals surface area contributed by atoms with Crippen LogP contribution in [-0.2, 0) is 0 Å². The number of carbonyl (C=O) groups is 1. The number of ether oxygens (including phenoxy) is 1. The van der Waals surface area contributed by atoms with Gasteiger partial charge in [-0.1, -0.05) is 12.1 Å². The van der Waals surface area contributed by atoms with Gasteiger partial charge in [-0.25, -0.2) is 9.37 Å². The molecule has 2 rings (SSSR count). The lowest BCUT2D eigenvalue weighted by Gasteiger charge is -2.25. The summed E-state index contributed by atoms with van der Waals surface area (Å²) in [6, 6.07) is 5.98. The van der Waals surface area contributed by atoms with Crippen LogP contribution in [0.3, 0.4) is 0 Å². The van der Waals surface area contributed by atoms with E-state index in [1.165, 1.54) is 35.4 Å². The van der Waals surface area contributed by atoms with Crippen molar-refractivity contribution in [2.75, 3.05) is 0 Å². The van der Waals surface area contributed by atoms with Crippen molar-refractivity contribution in [1.82, 2.24) is 9.55 Å². The number of rotatable bonds is 3. The number of para-hydroxylation sites is 1. The van der Waals surface area contributed by atoms with Gasteiger partial charge >= 0.3 is 0 Å². The minimum atomic E-state index is -1.18. The van der Waals surface area contributed by atoms with E-state index in [1.807, 2.05) is 0 Å². The lowest BCUT2D eigenvalue weighted by Crippen LogP contribution is -2.41. The van der Waals surface area contributed by atoms with Crippen LogP contribution in [0, 0.1) is 5.82 Å². The molecule has 4 nitrogen and oxygen atoms in total. The first-order valence-corrected chi connectivity index (χ1v) is 5.47. The Hall–Kier alpha value is -2.17. The van der Waals surface area contributed by atoms with Crippen LogP contribution in [0.5, 0.6) is 5.75 Å². The van der Waals surface area contributed by atoms with Gasteiger partial charge in [-0.15, -0.1) is 0 Å². The number of imidazole rings is 1. The smallest absolute Gasteiger partial charge is 0.275 e. The van der Waals surface area contributed by atoms with Gasteiger partial charge in [0.25, 0.3) is 5.91 Å². The van der Waals surface area contributed by atoms with Gasteiger partial charge in [-0.2, -0.15) is 0 Å². The molecule has 0 fully saturated rings. The molecule has 1 heterocycles. The van der Waals surface area contributed by atoms with Crippen molar-refractivity contribution in [3.63, 3.8) is 0 Å². The minimum absolute atomic E-state index is 0.0518. The standard InChI is InChI=1S/C13H13FN2O2/c1-13(2,12(17)16-8-7-15-9-16)18-11-6-4-3-5-10(11)14/h3-9H,1-2H3. The number of carbonyl (C=O) groups excluding carboxylic acids is 1. The third-order valence-corrected chi connectivity index (χ3v) is 2.46. The highest BCUT2D eigenvalue weighted by molar-refractivity contribution is 5.86. The molecule has 0 N–H and O–H groups in total. The first-order chi connectivity index (χ1) is 8.50. The molecule has 0 aliphatic heterocycles. The van der Waals surface area contributed by atoms with E-state index < -0.39 is 11.4 Å². The fourth-order valence-electron chi connectivity index (χ4n) is 1.54. The number of aromatic nitrogens is 2. The maximum absolute atomic E-state index is 13.5. The molecule has 0 saturated heterocycles. The minimum Gasteiger partial charge on any atom is -0.475 e. The van der Waals surface area contributed by atoms with Crippen LogP contribution >= 0.6 is 0 Å². The second-order valence-corrected chi connectivity index (χ2v) is 4.32. The highest BCUT2D eigenvalue weighted by Gasteiger charge is 2.31. The molecule has 18 heavy (non-hydrogen) atoms. The van der Waals surface area contributed by atoms with Crippen LogP contribution in [0.1, 0.15) is 18.6 Å². The van der Waals surface area contributed by atoms with Gasteiger partial charge in [0, 0.05) is 12.4 Å². The Balaban J connectivity index is 2.22. The van der Waals surface area contributed by atoms with E-state index in [0.29, 0.717) is 0 Å². The number of hydrogen-bond donors (Lipinski definition) is 0. The van der Waals surface area contributed by atoms with Crippen LogP contribution in [0.4, 0.5) is 4.39 Å². The van der Waals surface area contributed by atoms with Gasteiger partial charge in [-0.05, 0) is 26.0 Å². The predicted octanol–water partition coefficient (Wildman–Crippen LogP) is 2.52. The summed E-state index contributed by atoms with van der Waals surface area (Å²) in [6.07, 6.45) is 4.40. The Morgan fingerprint density at radius 2 is 2.11 bits per heavy atom. The maximum atomic E-state index is 13.5. The zero-order valence-corrected chi connectivity index (χ0v) is 10.1. The number of nitrogens with zero attached hydrogens (tertiary/aromatic N) is 2. The Morgan fingerprint density at radius 1 is 1.39 bits per heavy atom. The molecule has 0 radical (unpaired) electrons. The molecule has 0 saturated carbocycles. The monoisotopic (exact) mass is 248 g/mol. The van der Waals surface area contributed by atoms with Crippen molar-refractivity contribution in [3.05, 3.63) is 48.8 Å². The summed E-state index contributed by atoms with van der Waals surface area (Å²) in [5.74, 6) is -0.761. The van der Waals surface area contributed by atoms with E-state index in [1.54, 1.807) is 26.0 Å². The van der Waals surface area contributed by atoms with E-state index in [4.69, 9.17) is 4.74 Å². The molecule has 1 aromatic heterocycles. The van der Waals surface area contributed by atoms with E-state index in [0.717, 1.165) is 0 Å². The molecule has 0 aliphatic carbocycles. The Morgan fingerprint density at radius 3 is 2.72 bits per heavy atom. The van der Waals surface area contributed by atoms with Gasteiger partial charge in [-0.3, -0.25) is 9.36 Å². The van der Waals surface area contributed by atoms with Gasteiger partial charge in [0.05, 0.1) is 0 Å². The second kappa shape index (κ2) is 4.60. The lowest BCUT2D eigenvalue weighted by molar-refractivity contribution is 0.0475. The highest BCUT2D eigenvalue weighted by atomic mass is 19.1. The first-order valence-electron chi connectivity index (χ1n) is 5.47. The van der Waals surface area contributed by atoms with Gasteiger partial charge < -0.3 is 4.74 Å². The molecule has 94 valence electrons. The Kier molecular flexibility index (Phi) is 3.14. The molecule has 5 heteroatoms. The molecule has 0 atom stereocenters. The van der Waals surface area contributed by atoms with E-state index in [9.17, 15) is 9.18 Å². The van der Waals surface area contributed by atoms with E-state index >= 15 is 0 Å². The molecular formula is C13H13FN2O2. The van der Waals surface area contributed by atoms with Crippen molar-refractivity contribution in [3.8, 4) is 5.75 Å². The van der Waals surface area contributed by atoms with E-state index in [-0.39, 0.29) is 11.7 Å². The van der Waals surface area contributed by atoms with Crippen LogP contribution in [0.25, 0.3) is 0 Å². The molecule has 2 aromatic rings. The predicted molar refractivity (Wildman–Crippen MR) is 64.0 cm³/mol. The van der Waals surface area contributed by atoms with Crippen molar-refractivity contribution in [2.24, 2.45) is 0 Å². The average Bonchev–Trinajstić information content (AvgIpc) is 2.84. The zero-order valence-electron chi connectivity index (χ0n) is 10.1. The second-order valence-electron chi connectivity index (χ2n) is 4.32. The van der Waals surface area contributed by atoms with Crippen molar-refractivity contribution in [1.29, 1.82) is 0 Å². The Labute approximate surface area is 104 Å². The topological polar surface area (TPSA) is 44.1 Å². The molecular weight excluding hydrogens is 235 g/mol. The largest absolute Gasteiger partial charge is 0.475 e. The molecule has 0 bridgehead atoms. The quantitative estimate of drug-likeness (QED) is 0.838. The van der Waals surface area contributed by atoms with E-state index in [2.05, 4.69) is 4.98 Å². The van der Waals surface area contributed by atoms with Crippen molar-refractivity contribution in [2.45, 2.75) is 19.4 Å². The molecule has 0 amide bonds. The number of halogens is 1. The summed E-state index contributed by atoms with van der Waals surface area (Å²) in [5, 5.41) is 0. The summed E-state index contributed by atoms with van der Waals surface area (Å²) >= 11 is 0. The summed E-state index contributed by atoms with van der Waals surface area (Å²) < 4.78 is 20.2. The van der Waals surface area contributed by atoms with Crippen LogP contribution < -0.4 is 4.74 Å². The number of hydrogen-bond acceptors (Lipinski definition) is 3. The van der Waals surface area contributed by atoms with Crippen LogP contribution in [-0.4, -0.2) is 21.1 Å². The maximum Gasteiger partial charge on any atom is 0.275 e. The van der Waals surface area contributed by atoms with Crippen LogP contribution in [0.15, 0.2) is 43.0 Å². The summed E-state index contributed by atoms with van der Waals surface area (Å²) in [7, 11) is 0. The lowest BCUT2D eigenvalue weighted by atomic mass is 10.1. The molecule has 0 unspecified atom stereocenters. The van der Waals surface area contributed by atoms with Gasteiger partial charge in [0.1, 0.15) is 6.33 Å². The third kappa shape index (κ3) is 2.40. The van der Waals surface area contributed by atoms with Crippen molar-refractivity contribution >= 4 is 5.91 Å². The normalized spacial score (nSPS) is 11.3. The Bertz CT molecular complexity index is 550. The third-order valence-electron chi connectivity index (χ3n) is 2.46. The summed E-state index contributed by atoms with van der Waals surface area (Å²) in [5.41, 5.74) is -1.18. The summed E-state index contributed by atoms with van der Waals surface area (Å²) in [4.78, 5) is 15.9. The highest BCUT2D eigenvalue weighted by Crippen LogP contribution is 2.22. The van der Waals surface area contributed by atoms with Crippen molar-refractivity contribution < 1.29 is 13.9 Å². The van der Waals surface area contributed by atoms with Gasteiger partial charge in [0.2, 0.25) is 0 Å². The average molecular weight is 248 g/mol. The van der Waals surface area contributed by atoms with Crippen LogP contribution in [0.2, 0.25) is 0 Å². The SMILES string of the molecule is CC(C)(Oc1ccccc1F)C(=O)n1ccnc1. The number of benzene rings is 1. The first kappa shape index (κ1) is 12.3. The fourth-order valence-corrected chi connectivity index (χ4v) is 1.54. The fraction of sp³-hybridized carbons (Fsp3) is 0.231. The summed E-state index contributed by atoms with van der Waals surface area (Å²) in [6.45, 7) is 3.17.